The molecule has 474 valence electrons. The van der Waals surface area contributed by atoms with E-state index < -0.39 is 0 Å². The molecule has 102 heavy (non-hydrogen) atoms. The first-order valence-corrected chi connectivity index (χ1v) is 37.2. The van der Waals surface area contributed by atoms with Crippen molar-refractivity contribution in [2.45, 2.75) is 0 Å². The van der Waals surface area contributed by atoms with Crippen molar-refractivity contribution in [3.63, 3.8) is 0 Å². The van der Waals surface area contributed by atoms with Crippen LogP contribution in [0.5, 0.6) is 0 Å². The smallest absolute Gasteiger partial charge is 0.165 e. The Kier molecular flexibility index (Phi) is 12.7. The van der Waals surface area contributed by atoms with E-state index >= 15 is 0 Å². The third-order valence-corrected chi connectivity index (χ3v) is 25.0. The summed E-state index contributed by atoms with van der Waals surface area (Å²) in [7, 11) is 0. The molecule has 8 heterocycles. The van der Waals surface area contributed by atoms with E-state index in [1.165, 1.54) is 115 Å². The largest absolute Gasteiger partial charge is 0.309 e. The molecule has 0 aliphatic rings. The molecule has 0 saturated carbocycles. The van der Waals surface area contributed by atoms with Gasteiger partial charge in [-0.2, -0.15) is 0 Å². The maximum absolute atomic E-state index is 5.41. The molecule has 0 N–H and O–H groups in total. The van der Waals surface area contributed by atoms with E-state index in [0.29, 0.717) is 34.9 Å². The van der Waals surface area contributed by atoms with Crippen molar-refractivity contribution in [3.05, 3.63) is 303 Å². The van der Waals surface area contributed by atoms with Crippen LogP contribution >= 0.6 is 45.3 Å². The summed E-state index contributed by atoms with van der Waals surface area (Å²) >= 11 is 7.35. The van der Waals surface area contributed by atoms with Crippen LogP contribution in [0.4, 0.5) is 0 Å². The number of rotatable bonds is 9. The second-order valence-corrected chi connectivity index (χ2v) is 30.2. The van der Waals surface area contributed by atoms with Gasteiger partial charge in [-0.3, -0.25) is 0 Å². The highest BCUT2D eigenvalue weighted by atomic mass is 32.1. The van der Waals surface area contributed by atoms with Crippen molar-refractivity contribution in [3.8, 4) is 90.8 Å². The Morgan fingerprint density at radius 3 is 1.11 bits per heavy atom. The lowest BCUT2D eigenvalue weighted by Gasteiger charge is -2.11. The number of nitrogens with zero attached hydrogens (tertiary/aromatic N) is 8. The van der Waals surface area contributed by atoms with Crippen LogP contribution in [-0.2, 0) is 0 Å². The fourth-order valence-electron chi connectivity index (χ4n) is 15.6. The minimum Gasteiger partial charge on any atom is -0.309 e. The second kappa shape index (κ2) is 22.5. The van der Waals surface area contributed by atoms with E-state index in [-0.39, 0.29) is 0 Å². The van der Waals surface area contributed by atoms with Crippen molar-refractivity contribution in [1.82, 2.24) is 39.0 Å². The van der Waals surface area contributed by atoms with E-state index in [1.807, 2.05) is 70.4 Å². The molecule has 8 aromatic heterocycles. The number of hydrogen-bond donors (Lipinski definition) is 0. The summed E-state index contributed by atoms with van der Waals surface area (Å²) in [4.78, 5) is 31.9. The molecule has 0 unspecified atom stereocenters. The normalized spacial score (nSPS) is 12.1. The highest BCUT2D eigenvalue weighted by Gasteiger charge is 2.24. The summed E-state index contributed by atoms with van der Waals surface area (Å²) < 4.78 is 14.7. The molecule has 0 amide bonds. The Balaban J connectivity index is 0.629. The minimum absolute atomic E-state index is 0.594. The molecule has 0 saturated heterocycles. The summed E-state index contributed by atoms with van der Waals surface area (Å²) in [5.41, 5.74) is 14.7. The van der Waals surface area contributed by atoms with Crippen LogP contribution in [0.25, 0.3) is 215 Å². The fourth-order valence-corrected chi connectivity index (χ4v) is 20.5. The Bertz CT molecular complexity index is 7160. The maximum atomic E-state index is 5.41. The Morgan fingerprint density at radius 1 is 0.196 bits per heavy atom. The van der Waals surface area contributed by atoms with Crippen molar-refractivity contribution >= 4 is 170 Å². The number of thiophene rings is 4. The summed E-state index contributed by atoms with van der Waals surface area (Å²) in [6.07, 6.45) is 0. The summed E-state index contributed by atoms with van der Waals surface area (Å²) in [5, 5.41) is 14.9. The van der Waals surface area contributed by atoms with Crippen LogP contribution in [0.2, 0.25) is 0 Å². The van der Waals surface area contributed by atoms with E-state index in [9.17, 15) is 0 Å². The van der Waals surface area contributed by atoms with Gasteiger partial charge in [0, 0.05) is 147 Å². The van der Waals surface area contributed by atoms with E-state index in [1.54, 1.807) is 11.3 Å². The monoisotopic (exact) mass is 1370 g/mol. The van der Waals surface area contributed by atoms with Gasteiger partial charge < -0.3 is 9.13 Å². The van der Waals surface area contributed by atoms with Gasteiger partial charge >= 0.3 is 0 Å². The third kappa shape index (κ3) is 8.90. The summed E-state index contributed by atoms with van der Waals surface area (Å²) in [6.45, 7) is 0. The van der Waals surface area contributed by atoms with E-state index in [0.717, 1.165) is 65.3 Å². The lowest BCUT2D eigenvalue weighted by atomic mass is 10.0. The predicted molar refractivity (Wildman–Crippen MR) is 431 cm³/mol. The molecular formula is C90H50N8S4. The van der Waals surface area contributed by atoms with Gasteiger partial charge in [0.25, 0.3) is 0 Å². The number of para-hydroxylation sites is 4. The zero-order valence-electron chi connectivity index (χ0n) is 54.1. The second-order valence-electron chi connectivity index (χ2n) is 26.0. The molecule has 0 fully saturated rings. The van der Waals surface area contributed by atoms with Crippen molar-refractivity contribution in [2.75, 3.05) is 0 Å². The van der Waals surface area contributed by atoms with Crippen LogP contribution in [0, 0.1) is 0 Å². The molecule has 0 aliphatic heterocycles. The first-order chi connectivity index (χ1) is 50.5. The molecule has 0 spiro atoms. The molecule has 22 aromatic rings. The van der Waals surface area contributed by atoms with Gasteiger partial charge in [0.2, 0.25) is 0 Å². The molecule has 14 aromatic carbocycles. The zero-order chi connectivity index (χ0) is 66.7. The van der Waals surface area contributed by atoms with Crippen LogP contribution in [-0.4, -0.2) is 39.0 Å². The van der Waals surface area contributed by atoms with Crippen molar-refractivity contribution < 1.29 is 0 Å². The number of fused-ring (bicyclic) bond motifs is 20. The van der Waals surface area contributed by atoms with Crippen LogP contribution < -0.4 is 0 Å². The lowest BCUT2D eigenvalue weighted by molar-refractivity contribution is 1.08. The first-order valence-electron chi connectivity index (χ1n) is 34.0. The van der Waals surface area contributed by atoms with Crippen LogP contribution in [0.1, 0.15) is 0 Å². The summed E-state index contributed by atoms with van der Waals surface area (Å²) in [6, 6.07) is 109. The minimum atomic E-state index is 0.594. The highest BCUT2D eigenvalue weighted by Crippen LogP contribution is 2.50. The number of aromatic nitrogens is 8. The van der Waals surface area contributed by atoms with E-state index in [2.05, 4.69) is 276 Å². The molecule has 0 radical (unpaired) electrons. The van der Waals surface area contributed by atoms with Gasteiger partial charge in [0.15, 0.2) is 34.9 Å². The quantitative estimate of drug-likeness (QED) is 0.143. The van der Waals surface area contributed by atoms with Gasteiger partial charge in [-0.25, -0.2) is 29.9 Å². The highest BCUT2D eigenvalue weighted by molar-refractivity contribution is 7.30. The predicted octanol–water partition coefficient (Wildman–Crippen LogP) is 25.4. The van der Waals surface area contributed by atoms with Gasteiger partial charge in [-0.1, -0.05) is 206 Å². The standard InChI is InChI=1S/C90H50N8S4/c1-3-18-52(19-4-1)85-91-87(95-90(93-85)67-31-17-29-65-79-77(101-83(65)67)47-46-76-80(79)68-49-57(40-43-74(68)99-76)97-70-32-11-7-24-59(70)60-25-8-12-33-71(60)97)54-38-36-51(37-39-54)55-22-15-23-56(48-55)88-92-86(53-20-5-2-6-21-53)94-89(96-88)66-30-16-28-63-64-42-45-78-81(84(64)102-82(63)66)69-50-58(41-44-75(69)100-78)98-72-34-13-9-26-61(72)62-27-10-14-35-73(62)98/h1-50H. The third-order valence-electron chi connectivity index (χ3n) is 20.2. The number of benzene rings is 14. The molecule has 0 atom stereocenters. The number of hydrogen-bond acceptors (Lipinski definition) is 10. The van der Waals surface area contributed by atoms with Crippen LogP contribution in [0.15, 0.2) is 303 Å². The SMILES string of the molecule is c1ccc(-c2nc(-c3cccc(-c4ccc(-c5nc(-c6ccccc6)nc(-c6cccc7c6sc6ccc8sc9ccc(-n%10c%11ccccc%11c%11ccccc%11%10)cc9c8c67)n5)cc4)c3)nc(-c3cccc4c3sc3c4ccc4sc5ccc(-n6c7ccccc7c7ccccc76)cc5c43)n2)cc1. The molecule has 12 heteroatoms. The van der Waals surface area contributed by atoms with Gasteiger partial charge in [-0.15, -0.1) is 45.3 Å². The van der Waals surface area contributed by atoms with Gasteiger partial charge in [-0.05, 0) is 108 Å². The maximum Gasteiger partial charge on any atom is 0.165 e. The van der Waals surface area contributed by atoms with Crippen molar-refractivity contribution in [1.29, 1.82) is 0 Å². The van der Waals surface area contributed by atoms with Crippen LogP contribution in [0.3, 0.4) is 0 Å². The average molecular weight is 1370 g/mol. The fraction of sp³-hybridized carbons (Fsp3) is 0. The molecule has 8 nitrogen and oxygen atoms in total. The van der Waals surface area contributed by atoms with Gasteiger partial charge in [0.05, 0.1) is 22.1 Å². The average Bonchev–Trinajstić information content (AvgIpc) is 1.57. The zero-order valence-corrected chi connectivity index (χ0v) is 57.3. The molecule has 0 bridgehead atoms. The first kappa shape index (κ1) is 57.5. The lowest BCUT2D eigenvalue weighted by Crippen LogP contribution is -2.00. The van der Waals surface area contributed by atoms with E-state index in [4.69, 9.17) is 29.9 Å². The molecule has 22 rings (SSSR count). The Labute approximate surface area is 598 Å². The Morgan fingerprint density at radius 2 is 0.559 bits per heavy atom. The summed E-state index contributed by atoms with van der Waals surface area (Å²) in [5.74, 6) is 3.67. The topological polar surface area (TPSA) is 87.2 Å². The Hall–Kier alpha value is -12.4. The van der Waals surface area contributed by atoms with Crippen molar-refractivity contribution in [2.24, 2.45) is 0 Å². The van der Waals surface area contributed by atoms with Gasteiger partial charge in [0.1, 0.15) is 0 Å². The molecular weight excluding hydrogens is 1320 g/mol. The molecule has 0 aliphatic carbocycles.